The Balaban J connectivity index is 3.06. The zero-order valence-corrected chi connectivity index (χ0v) is 10.3. The molecule has 0 aliphatic rings. The highest BCUT2D eigenvalue weighted by Crippen LogP contribution is 2.22. The molecule has 0 radical (unpaired) electrons. The predicted octanol–water partition coefficient (Wildman–Crippen LogP) is 1.64. The summed E-state index contributed by atoms with van der Waals surface area (Å²) in [5, 5.41) is 12.9. The Bertz CT molecular complexity index is 508. The van der Waals surface area contributed by atoms with Gasteiger partial charge in [0, 0.05) is 13.2 Å². The average molecular weight is 274 g/mol. The van der Waals surface area contributed by atoms with Crippen LogP contribution in [0.2, 0.25) is 0 Å². The first-order chi connectivity index (χ1) is 8.86. The Labute approximate surface area is 107 Å². The van der Waals surface area contributed by atoms with Crippen LogP contribution in [-0.2, 0) is 4.74 Å². The van der Waals surface area contributed by atoms with Crippen LogP contribution in [0.1, 0.15) is 17.3 Å². The molecule has 0 spiro atoms. The summed E-state index contributed by atoms with van der Waals surface area (Å²) in [5.41, 5.74) is -1.79. The number of nitrogens with zero attached hydrogens (tertiary/aromatic N) is 1. The second kappa shape index (κ2) is 6.19. The van der Waals surface area contributed by atoms with Crippen LogP contribution in [0.4, 0.5) is 14.5 Å². The van der Waals surface area contributed by atoms with E-state index in [0.29, 0.717) is 12.1 Å². The number of methoxy groups -OCH3 is 1. The fourth-order valence-corrected chi connectivity index (χ4v) is 1.47. The lowest BCUT2D eigenvalue weighted by Crippen LogP contribution is -2.36. The number of hydrogen-bond acceptors (Lipinski definition) is 4. The second-order valence-electron chi connectivity index (χ2n) is 3.87. The average Bonchev–Trinajstić information content (AvgIpc) is 2.31. The number of halogens is 2. The Hall–Kier alpha value is -2.09. The van der Waals surface area contributed by atoms with E-state index < -0.39 is 39.8 Å². The number of nitrogens with one attached hydrogen (secondary N) is 1. The first kappa shape index (κ1) is 15.0. The van der Waals surface area contributed by atoms with Crippen molar-refractivity contribution in [2.75, 3.05) is 13.7 Å². The Morgan fingerprint density at radius 3 is 2.68 bits per heavy atom. The van der Waals surface area contributed by atoms with Crippen LogP contribution < -0.4 is 5.32 Å². The van der Waals surface area contributed by atoms with Gasteiger partial charge in [-0.1, -0.05) is 0 Å². The van der Waals surface area contributed by atoms with Crippen molar-refractivity contribution in [3.8, 4) is 0 Å². The van der Waals surface area contributed by atoms with Crippen LogP contribution in [-0.4, -0.2) is 30.6 Å². The Kier molecular flexibility index (Phi) is 4.87. The van der Waals surface area contributed by atoms with Crippen molar-refractivity contribution in [2.45, 2.75) is 13.0 Å². The molecular weight excluding hydrogens is 262 g/mol. The zero-order chi connectivity index (χ0) is 14.6. The normalized spacial score (nSPS) is 12.0. The van der Waals surface area contributed by atoms with Crippen molar-refractivity contribution in [3.63, 3.8) is 0 Å². The third-order valence-corrected chi connectivity index (χ3v) is 2.25. The first-order valence-corrected chi connectivity index (χ1v) is 5.30. The lowest BCUT2D eigenvalue weighted by molar-refractivity contribution is -0.387. The SMILES string of the molecule is COCC(C)NC(=O)c1cc(F)cc([N+](=O)[O-])c1F. The fourth-order valence-electron chi connectivity index (χ4n) is 1.47. The minimum atomic E-state index is -1.37. The summed E-state index contributed by atoms with van der Waals surface area (Å²) >= 11 is 0. The molecule has 1 amide bonds. The minimum Gasteiger partial charge on any atom is -0.383 e. The molecular formula is C11H12F2N2O4. The van der Waals surface area contributed by atoms with Crippen LogP contribution in [0.3, 0.4) is 0 Å². The zero-order valence-electron chi connectivity index (χ0n) is 10.3. The summed E-state index contributed by atoms with van der Waals surface area (Å²) < 4.78 is 31.6. The number of benzene rings is 1. The number of nitro benzene ring substituents is 1. The van der Waals surface area contributed by atoms with Gasteiger partial charge in [0.2, 0.25) is 5.82 Å². The number of carbonyl (C=O) groups excluding carboxylic acids is 1. The van der Waals surface area contributed by atoms with Gasteiger partial charge in [0.15, 0.2) is 0 Å². The molecule has 0 saturated heterocycles. The van der Waals surface area contributed by atoms with E-state index in [9.17, 15) is 23.7 Å². The van der Waals surface area contributed by atoms with Crippen molar-refractivity contribution in [3.05, 3.63) is 39.4 Å². The van der Waals surface area contributed by atoms with Gasteiger partial charge < -0.3 is 10.1 Å². The van der Waals surface area contributed by atoms with E-state index in [4.69, 9.17) is 4.74 Å². The molecule has 0 fully saturated rings. The standard InChI is InChI=1S/C11H12F2N2O4/c1-6(5-19-2)14-11(16)8-3-7(12)4-9(10(8)13)15(17)18/h3-4,6H,5H2,1-2H3,(H,14,16). The van der Waals surface area contributed by atoms with E-state index in [0.717, 1.165) is 0 Å². The highest BCUT2D eigenvalue weighted by molar-refractivity contribution is 5.95. The largest absolute Gasteiger partial charge is 0.383 e. The molecule has 104 valence electrons. The molecule has 0 saturated carbocycles. The first-order valence-electron chi connectivity index (χ1n) is 5.30. The summed E-state index contributed by atoms with van der Waals surface area (Å²) in [6.07, 6.45) is 0. The highest BCUT2D eigenvalue weighted by atomic mass is 19.1. The molecule has 6 nitrogen and oxygen atoms in total. The van der Waals surface area contributed by atoms with Crippen LogP contribution >= 0.6 is 0 Å². The summed E-state index contributed by atoms with van der Waals surface area (Å²) in [6, 6.07) is 0.584. The van der Waals surface area contributed by atoms with E-state index in [1.807, 2.05) is 0 Å². The number of amides is 1. The molecule has 0 bridgehead atoms. The van der Waals surface area contributed by atoms with Crippen molar-refractivity contribution in [2.24, 2.45) is 0 Å². The van der Waals surface area contributed by atoms with Gasteiger partial charge >= 0.3 is 5.69 Å². The monoisotopic (exact) mass is 274 g/mol. The van der Waals surface area contributed by atoms with Gasteiger partial charge in [0.05, 0.1) is 23.2 Å². The lowest BCUT2D eigenvalue weighted by atomic mass is 10.1. The summed E-state index contributed by atoms with van der Waals surface area (Å²) in [5.74, 6) is -3.36. The quantitative estimate of drug-likeness (QED) is 0.653. The molecule has 0 aliphatic heterocycles. The van der Waals surface area contributed by atoms with Crippen molar-refractivity contribution in [1.29, 1.82) is 0 Å². The van der Waals surface area contributed by atoms with E-state index in [1.165, 1.54) is 7.11 Å². The topological polar surface area (TPSA) is 81.5 Å². The second-order valence-corrected chi connectivity index (χ2v) is 3.87. The Morgan fingerprint density at radius 1 is 1.53 bits per heavy atom. The smallest absolute Gasteiger partial charge is 0.308 e. The number of nitro groups is 1. The fraction of sp³-hybridized carbons (Fsp3) is 0.364. The summed E-state index contributed by atoms with van der Waals surface area (Å²) in [4.78, 5) is 21.1. The molecule has 1 atom stereocenters. The number of hydrogen-bond donors (Lipinski definition) is 1. The van der Waals surface area contributed by atoms with Crippen LogP contribution in [0, 0.1) is 21.7 Å². The molecule has 0 heterocycles. The maximum atomic E-state index is 13.7. The number of rotatable bonds is 5. The summed E-state index contributed by atoms with van der Waals surface area (Å²) in [6.45, 7) is 1.76. The van der Waals surface area contributed by atoms with Gasteiger partial charge in [-0.15, -0.1) is 0 Å². The minimum absolute atomic E-state index is 0.171. The van der Waals surface area contributed by atoms with Gasteiger partial charge in [-0.05, 0) is 13.0 Å². The molecule has 19 heavy (non-hydrogen) atoms. The van der Waals surface area contributed by atoms with Crippen LogP contribution in [0.15, 0.2) is 12.1 Å². The third-order valence-electron chi connectivity index (χ3n) is 2.25. The van der Waals surface area contributed by atoms with E-state index >= 15 is 0 Å². The predicted molar refractivity (Wildman–Crippen MR) is 61.8 cm³/mol. The summed E-state index contributed by atoms with van der Waals surface area (Å²) in [7, 11) is 1.41. The van der Waals surface area contributed by atoms with E-state index in [-0.39, 0.29) is 6.61 Å². The Morgan fingerprint density at radius 2 is 2.16 bits per heavy atom. The molecule has 1 aromatic carbocycles. The van der Waals surface area contributed by atoms with E-state index in [2.05, 4.69) is 5.32 Å². The molecule has 1 N–H and O–H groups in total. The van der Waals surface area contributed by atoms with Gasteiger partial charge in [0.1, 0.15) is 5.82 Å². The van der Waals surface area contributed by atoms with Crippen LogP contribution in [0.25, 0.3) is 0 Å². The van der Waals surface area contributed by atoms with Gasteiger partial charge in [0.25, 0.3) is 5.91 Å². The van der Waals surface area contributed by atoms with Gasteiger partial charge in [-0.25, -0.2) is 4.39 Å². The van der Waals surface area contributed by atoms with Crippen LogP contribution in [0.5, 0.6) is 0 Å². The van der Waals surface area contributed by atoms with Gasteiger partial charge in [-0.2, -0.15) is 4.39 Å². The lowest BCUT2D eigenvalue weighted by Gasteiger charge is -2.13. The number of carbonyl (C=O) groups is 1. The molecule has 1 unspecified atom stereocenters. The maximum Gasteiger partial charge on any atom is 0.308 e. The number of ether oxygens (including phenoxy) is 1. The van der Waals surface area contributed by atoms with Crippen molar-refractivity contribution < 1.29 is 23.2 Å². The van der Waals surface area contributed by atoms with E-state index in [1.54, 1.807) is 6.92 Å². The van der Waals surface area contributed by atoms with Gasteiger partial charge in [-0.3, -0.25) is 14.9 Å². The molecule has 1 aromatic rings. The molecule has 8 heteroatoms. The molecule has 1 rings (SSSR count). The van der Waals surface area contributed by atoms with Crippen molar-refractivity contribution in [1.82, 2.24) is 5.32 Å². The molecule has 0 aliphatic carbocycles. The highest BCUT2D eigenvalue weighted by Gasteiger charge is 2.24. The molecule has 0 aromatic heterocycles. The maximum absolute atomic E-state index is 13.7. The van der Waals surface area contributed by atoms with Crippen molar-refractivity contribution >= 4 is 11.6 Å². The third kappa shape index (κ3) is 3.68.